The number of halogens is 2. The highest BCUT2D eigenvalue weighted by Gasteiger charge is 2.22. The zero-order valence-electron chi connectivity index (χ0n) is 10.1. The van der Waals surface area contributed by atoms with Gasteiger partial charge in [0.15, 0.2) is 5.78 Å². The molecule has 1 heterocycles. The molecule has 0 aliphatic carbocycles. The van der Waals surface area contributed by atoms with Crippen LogP contribution in [0.1, 0.15) is 23.7 Å². The minimum absolute atomic E-state index is 0.0160. The molecule has 18 heavy (non-hydrogen) atoms. The first kappa shape index (κ1) is 13.8. The second-order valence-corrected chi connectivity index (χ2v) is 5.32. The normalized spacial score (nSPS) is 23.9. The van der Waals surface area contributed by atoms with E-state index in [1.54, 1.807) is 18.2 Å². The molecular formula is C13H15Cl2NO2. The van der Waals surface area contributed by atoms with E-state index in [4.69, 9.17) is 27.9 Å². The Morgan fingerprint density at radius 1 is 1.44 bits per heavy atom. The third-order valence-corrected chi connectivity index (χ3v) is 3.71. The quantitative estimate of drug-likeness (QED) is 0.869. The maximum atomic E-state index is 12.2. The smallest absolute Gasteiger partial charge is 0.166 e. The number of nitrogens with one attached hydrogen (secondary N) is 1. The Morgan fingerprint density at radius 2 is 2.22 bits per heavy atom. The summed E-state index contributed by atoms with van der Waals surface area (Å²) in [7, 11) is 0. The van der Waals surface area contributed by atoms with Crippen molar-refractivity contribution in [1.29, 1.82) is 0 Å². The highest BCUT2D eigenvalue weighted by Crippen LogP contribution is 2.26. The minimum Gasteiger partial charge on any atom is -0.378 e. The van der Waals surface area contributed by atoms with Crippen molar-refractivity contribution in [3.63, 3.8) is 0 Å². The van der Waals surface area contributed by atoms with Crippen LogP contribution in [0.15, 0.2) is 18.2 Å². The van der Waals surface area contributed by atoms with E-state index in [1.807, 2.05) is 6.92 Å². The second-order valence-electron chi connectivity index (χ2n) is 4.53. The number of morpholine rings is 1. The number of carbonyl (C=O) groups is 1. The fraction of sp³-hybridized carbons (Fsp3) is 0.462. The summed E-state index contributed by atoms with van der Waals surface area (Å²) < 4.78 is 5.41. The SMILES string of the molecule is CC1COCC(CC(=O)c2cccc(Cl)c2Cl)N1. The van der Waals surface area contributed by atoms with Gasteiger partial charge < -0.3 is 10.1 Å². The zero-order valence-corrected chi connectivity index (χ0v) is 11.6. The lowest BCUT2D eigenvalue weighted by Gasteiger charge is -2.28. The maximum absolute atomic E-state index is 12.2. The van der Waals surface area contributed by atoms with Crippen molar-refractivity contribution < 1.29 is 9.53 Å². The van der Waals surface area contributed by atoms with Crippen molar-refractivity contribution in [2.45, 2.75) is 25.4 Å². The molecule has 0 spiro atoms. The lowest BCUT2D eigenvalue weighted by molar-refractivity contribution is 0.0463. The molecule has 2 atom stereocenters. The van der Waals surface area contributed by atoms with E-state index in [0.717, 1.165) is 0 Å². The van der Waals surface area contributed by atoms with Crippen LogP contribution in [0.4, 0.5) is 0 Å². The molecule has 2 rings (SSSR count). The number of Topliss-reactive ketones (excluding diaryl/α,β-unsaturated/α-hetero) is 1. The van der Waals surface area contributed by atoms with Gasteiger partial charge in [0.1, 0.15) is 0 Å². The fourth-order valence-corrected chi connectivity index (χ4v) is 2.46. The average molecular weight is 288 g/mol. The number of rotatable bonds is 3. The van der Waals surface area contributed by atoms with Gasteiger partial charge in [-0.2, -0.15) is 0 Å². The van der Waals surface area contributed by atoms with Crippen molar-refractivity contribution in [2.75, 3.05) is 13.2 Å². The molecule has 1 fully saturated rings. The molecule has 98 valence electrons. The van der Waals surface area contributed by atoms with E-state index < -0.39 is 0 Å². The van der Waals surface area contributed by atoms with Crippen LogP contribution < -0.4 is 5.32 Å². The van der Waals surface area contributed by atoms with E-state index in [-0.39, 0.29) is 17.9 Å². The molecule has 0 amide bonds. The van der Waals surface area contributed by atoms with Crippen LogP contribution in [-0.4, -0.2) is 31.1 Å². The van der Waals surface area contributed by atoms with E-state index >= 15 is 0 Å². The second kappa shape index (κ2) is 6.02. The molecule has 2 unspecified atom stereocenters. The first-order valence-corrected chi connectivity index (χ1v) is 6.64. The van der Waals surface area contributed by atoms with Gasteiger partial charge in [-0.05, 0) is 19.1 Å². The number of benzene rings is 1. The van der Waals surface area contributed by atoms with E-state index in [0.29, 0.717) is 35.2 Å². The van der Waals surface area contributed by atoms with Crippen LogP contribution in [0.2, 0.25) is 10.0 Å². The average Bonchev–Trinajstić information content (AvgIpc) is 2.32. The largest absolute Gasteiger partial charge is 0.378 e. The summed E-state index contributed by atoms with van der Waals surface area (Å²) in [5.41, 5.74) is 0.476. The summed E-state index contributed by atoms with van der Waals surface area (Å²) in [6.07, 6.45) is 0.365. The highest BCUT2D eigenvalue weighted by atomic mass is 35.5. The summed E-state index contributed by atoms with van der Waals surface area (Å²) in [6, 6.07) is 5.41. The molecule has 0 aromatic heterocycles. The Balaban J connectivity index is 2.05. The molecule has 1 aliphatic rings. The Labute approximate surface area is 116 Å². The number of hydrogen-bond donors (Lipinski definition) is 1. The molecule has 1 aromatic rings. The molecular weight excluding hydrogens is 273 g/mol. The predicted octanol–water partition coefficient (Wildman–Crippen LogP) is 2.94. The van der Waals surface area contributed by atoms with Gasteiger partial charge >= 0.3 is 0 Å². The van der Waals surface area contributed by atoms with Gasteiger partial charge in [-0.15, -0.1) is 0 Å². The standard InChI is InChI=1S/C13H15Cl2NO2/c1-8-6-18-7-9(16-8)5-12(17)10-3-2-4-11(14)13(10)15/h2-4,8-9,16H,5-7H2,1H3. The van der Waals surface area contributed by atoms with Gasteiger partial charge in [0.05, 0.1) is 23.3 Å². The van der Waals surface area contributed by atoms with Gasteiger partial charge in [0.2, 0.25) is 0 Å². The van der Waals surface area contributed by atoms with Crippen molar-refractivity contribution in [3.8, 4) is 0 Å². The molecule has 1 saturated heterocycles. The molecule has 1 aliphatic heterocycles. The summed E-state index contributed by atoms with van der Waals surface area (Å²) in [6.45, 7) is 3.26. The highest BCUT2D eigenvalue weighted by molar-refractivity contribution is 6.43. The molecule has 1 aromatic carbocycles. The minimum atomic E-state index is -0.0160. The maximum Gasteiger partial charge on any atom is 0.166 e. The van der Waals surface area contributed by atoms with Gasteiger partial charge in [-0.3, -0.25) is 4.79 Å². The first-order chi connectivity index (χ1) is 8.58. The van der Waals surface area contributed by atoms with Crippen LogP contribution in [-0.2, 0) is 4.74 Å². The predicted molar refractivity (Wildman–Crippen MR) is 72.6 cm³/mol. The molecule has 0 bridgehead atoms. The van der Waals surface area contributed by atoms with Crippen LogP contribution in [0.3, 0.4) is 0 Å². The van der Waals surface area contributed by atoms with E-state index in [2.05, 4.69) is 5.32 Å². The zero-order chi connectivity index (χ0) is 13.1. The van der Waals surface area contributed by atoms with Crippen LogP contribution in [0.25, 0.3) is 0 Å². The van der Waals surface area contributed by atoms with Crippen LogP contribution in [0, 0.1) is 0 Å². The van der Waals surface area contributed by atoms with Crippen LogP contribution >= 0.6 is 23.2 Å². The topological polar surface area (TPSA) is 38.3 Å². The van der Waals surface area contributed by atoms with E-state index in [1.165, 1.54) is 0 Å². The Hall–Kier alpha value is -0.610. The van der Waals surface area contributed by atoms with Gasteiger partial charge in [0.25, 0.3) is 0 Å². The van der Waals surface area contributed by atoms with Crippen molar-refractivity contribution in [1.82, 2.24) is 5.32 Å². The third kappa shape index (κ3) is 3.23. The number of ketones is 1. The molecule has 0 saturated carbocycles. The van der Waals surface area contributed by atoms with Gasteiger partial charge in [-0.25, -0.2) is 0 Å². The Bertz CT molecular complexity index is 451. The molecule has 5 heteroatoms. The lowest BCUT2D eigenvalue weighted by atomic mass is 10.0. The summed E-state index contributed by atoms with van der Waals surface area (Å²) in [5, 5.41) is 4.06. The van der Waals surface area contributed by atoms with Gasteiger partial charge in [-0.1, -0.05) is 29.3 Å². The Kier molecular flexibility index (Phi) is 4.62. The lowest BCUT2D eigenvalue weighted by Crippen LogP contribution is -2.48. The summed E-state index contributed by atoms with van der Waals surface area (Å²) in [4.78, 5) is 12.2. The molecule has 1 N–H and O–H groups in total. The molecule has 3 nitrogen and oxygen atoms in total. The number of ether oxygens (including phenoxy) is 1. The number of hydrogen-bond acceptors (Lipinski definition) is 3. The first-order valence-electron chi connectivity index (χ1n) is 5.89. The van der Waals surface area contributed by atoms with Crippen LogP contribution in [0.5, 0.6) is 0 Å². The monoisotopic (exact) mass is 287 g/mol. The Morgan fingerprint density at radius 3 is 2.94 bits per heavy atom. The van der Waals surface area contributed by atoms with Gasteiger partial charge in [0, 0.05) is 24.1 Å². The number of carbonyl (C=O) groups excluding carboxylic acids is 1. The van der Waals surface area contributed by atoms with E-state index in [9.17, 15) is 4.79 Å². The van der Waals surface area contributed by atoms with Crippen molar-refractivity contribution in [3.05, 3.63) is 33.8 Å². The summed E-state index contributed by atoms with van der Waals surface area (Å²) >= 11 is 11.9. The molecule has 0 radical (unpaired) electrons. The fourth-order valence-electron chi connectivity index (χ4n) is 2.06. The van der Waals surface area contributed by atoms with Crippen molar-refractivity contribution in [2.24, 2.45) is 0 Å². The van der Waals surface area contributed by atoms with Crippen molar-refractivity contribution >= 4 is 29.0 Å². The third-order valence-electron chi connectivity index (χ3n) is 2.89. The summed E-state index contributed by atoms with van der Waals surface area (Å²) in [5.74, 6) is -0.0160.